The third-order valence-corrected chi connectivity index (χ3v) is 5.00. The number of ketones is 1. The zero-order valence-corrected chi connectivity index (χ0v) is 15.1. The van der Waals surface area contributed by atoms with E-state index in [2.05, 4.69) is 4.72 Å². The second-order valence-electron chi connectivity index (χ2n) is 6.07. The fourth-order valence-corrected chi connectivity index (χ4v) is 3.44. The monoisotopic (exact) mass is 346 g/mol. The van der Waals surface area contributed by atoms with E-state index >= 15 is 0 Å². The van der Waals surface area contributed by atoms with E-state index in [1.807, 2.05) is 44.1 Å². The lowest BCUT2D eigenvalue weighted by molar-refractivity contribution is 0.101. The number of carbonyl (C=O) groups excluding carboxylic acids is 1. The molecule has 0 fully saturated rings. The molecule has 0 unspecified atom stereocenters. The molecule has 2 aromatic carbocycles. The number of nitrogens with one attached hydrogen (secondary N) is 1. The van der Waals surface area contributed by atoms with Crippen LogP contribution in [0, 0.1) is 6.92 Å². The van der Waals surface area contributed by atoms with Gasteiger partial charge in [-0.05, 0) is 57.3 Å². The summed E-state index contributed by atoms with van der Waals surface area (Å²) < 4.78 is 27.8. The molecule has 0 bridgehead atoms. The Morgan fingerprint density at radius 2 is 1.71 bits per heavy atom. The number of sulfonamides is 1. The fraction of sp³-hybridized carbons (Fsp3) is 0.278. The summed E-state index contributed by atoms with van der Waals surface area (Å²) in [6.07, 6.45) is 0. The van der Waals surface area contributed by atoms with Crippen LogP contribution in [0.2, 0.25) is 0 Å². The molecule has 0 aliphatic rings. The number of anilines is 1. The third kappa shape index (κ3) is 4.43. The number of carbonyl (C=O) groups is 1. The van der Waals surface area contributed by atoms with Crippen molar-refractivity contribution in [1.29, 1.82) is 0 Å². The number of hydrogen-bond donors (Lipinski definition) is 1. The number of aryl methyl sites for hydroxylation is 1. The lowest BCUT2D eigenvalue weighted by Gasteiger charge is -2.14. The van der Waals surface area contributed by atoms with E-state index in [1.54, 1.807) is 0 Å². The number of hydrogen-bond acceptors (Lipinski definition) is 4. The van der Waals surface area contributed by atoms with E-state index in [0.717, 1.165) is 17.7 Å². The summed E-state index contributed by atoms with van der Waals surface area (Å²) >= 11 is 0. The maximum absolute atomic E-state index is 12.6. The van der Waals surface area contributed by atoms with Crippen molar-refractivity contribution in [3.8, 4) is 0 Å². The SMILES string of the molecule is CC(=O)c1ccc(S(=O)(=O)Nc2cc(CN(C)C)ccc2C)cc1. The number of rotatable bonds is 6. The molecule has 2 aromatic rings. The zero-order chi connectivity index (χ0) is 17.9. The van der Waals surface area contributed by atoms with Gasteiger partial charge in [-0.15, -0.1) is 0 Å². The van der Waals surface area contributed by atoms with Crippen molar-refractivity contribution in [2.75, 3.05) is 18.8 Å². The van der Waals surface area contributed by atoms with Gasteiger partial charge in [0.25, 0.3) is 10.0 Å². The van der Waals surface area contributed by atoms with E-state index in [0.29, 0.717) is 11.3 Å². The molecule has 5 nitrogen and oxygen atoms in total. The molecular weight excluding hydrogens is 324 g/mol. The van der Waals surface area contributed by atoms with Crippen molar-refractivity contribution < 1.29 is 13.2 Å². The van der Waals surface area contributed by atoms with Crippen molar-refractivity contribution in [3.05, 3.63) is 59.2 Å². The Morgan fingerprint density at radius 3 is 2.25 bits per heavy atom. The Balaban J connectivity index is 2.30. The van der Waals surface area contributed by atoms with E-state index in [1.165, 1.54) is 31.2 Å². The summed E-state index contributed by atoms with van der Waals surface area (Å²) in [4.78, 5) is 13.4. The molecule has 0 aliphatic carbocycles. The standard InChI is InChI=1S/C18H22N2O3S/c1-13-5-6-15(12-20(3)4)11-18(13)19-24(22,23)17-9-7-16(8-10-17)14(2)21/h5-11,19H,12H2,1-4H3. The minimum absolute atomic E-state index is 0.0980. The third-order valence-electron chi connectivity index (χ3n) is 3.62. The van der Waals surface area contributed by atoms with Crippen molar-refractivity contribution in [2.45, 2.75) is 25.3 Å². The molecule has 128 valence electrons. The summed E-state index contributed by atoms with van der Waals surface area (Å²) in [5.74, 6) is -0.0980. The Hall–Kier alpha value is -2.18. The van der Waals surface area contributed by atoms with Crippen LogP contribution in [-0.4, -0.2) is 33.2 Å². The van der Waals surface area contributed by atoms with Gasteiger partial charge >= 0.3 is 0 Å². The average Bonchev–Trinajstić information content (AvgIpc) is 2.50. The van der Waals surface area contributed by atoms with E-state index in [-0.39, 0.29) is 10.7 Å². The highest BCUT2D eigenvalue weighted by Gasteiger charge is 2.16. The first-order valence-corrected chi connectivity index (χ1v) is 9.05. The van der Waals surface area contributed by atoms with Crippen LogP contribution in [0.15, 0.2) is 47.4 Å². The quantitative estimate of drug-likeness (QED) is 0.817. The first-order chi connectivity index (χ1) is 11.2. The highest BCUT2D eigenvalue weighted by atomic mass is 32.2. The lowest BCUT2D eigenvalue weighted by Crippen LogP contribution is -2.15. The first-order valence-electron chi connectivity index (χ1n) is 7.57. The zero-order valence-electron chi connectivity index (χ0n) is 14.3. The van der Waals surface area contributed by atoms with Crippen LogP contribution in [0.1, 0.15) is 28.4 Å². The van der Waals surface area contributed by atoms with E-state index in [4.69, 9.17) is 0 Å². The van der Waals surface area contributed by atoms with Crippen LogP contribution in [0.3, 0.4) is 0 Å². The summed E-state index contributed by atoms with van der Waals surface area (Å²) in [6.45, 7) is 4.03. The number of Topliss-reactive ketones (excluding diaryl/α,β-unsaturated/α-hetero) is 1. The summed E-state index contributed by atoms with van der Waals surface area (Å²) in [6, 6.07) is 11.6. The molecular formula is C18H22N2O3S. The average molecular weight is 346 g/mol. The van der Waals surface area contributed by atoms with Gasteiger partial charge in [0, 0.05) is 12.1 Å². The smallest absolute Gasteiger partial charge is 0.261 e. The van der Waals surface area contributed by atoms with Crippen LogP contribution in [0.25, 0.3) is 0 Å². The number of benzene rings is 2. The van der Waals surface area contributed by atoms with Gasteiger partial charge in [-0.1, -0.05) is 24.3 Å². The Morgan fingerprint density at radius 1 is 1.08 bits per heavy atom. The maximum Gasteiger partial charge on any atom is 0.261 e. The maximum atomic E-state index is 12.6. The predicted molar refractivity (Wildman–Crippen MR) is 95.8 cm³/mol. The van der Waals surface area contributed by atoms with Crippen LogP contribution in [0.5, 0.6) is 0 Å². The largest absolute Gasteiger partial charge is 0.305 e. The van der Waals surface area contributed by atoms with Gasteiger partial charge in [0.1, 0.15) is 0 Å². The summed E-state index contributed by atoms with van der Waals surface area (Å²) in [5.41, 5.74) is 2.92. The molecule has 0 spiro atoms. The van der Waals surface area contributed by atoms with Gasteiger partial charge in [-0.2, -0.15) is 0 Å². The minimum atomic E-state index is -3.70. The first kappa shape index (κ1) is 18.2. The Bertz CT molecular complexity index is 841. The second-order valence-corrected chi connectivity index (χ2v) is 7.76. The van der Waals surface area contributed by atoms with Crippen LogP contribution >= 0.6 is 0 Å². The normalized spacial score (nSPS) is 11.5. The lowest BCUT2D eigenvalue weighted by atomic mass is 10.1. The molecule has 24 heavy (non-hydrogen) atoms. The Kier molecular flexibility index (Phi) is 5.41. The van der Waals surface area contributed by atoms with Crippen molar-refractivity contribution in [3.63, 3.8) is 0 Å². The highest BCUT2D eigenvalue weighted by molar-refractivity contribution is 7.92. The fourth-order valence-electron chi connectivity index (χ4n) is 2.32. The van der Waals surface area contributed by atoms with Gasteiger partial charge in [0.05, 0.1) is 10.6 Å². The molecule has 2 rings (SSSR count). The van der Waals surface area contributed by atoms with Crippen molar-refractivity contribution >= 4 is 21.5 Å². The van der Waals surface area contributed by atoms with Gasteiger partial charge in [-0.3, -0.25) is 9.52 Å². The summed E-state index contributed by atoms with van der Waals surface area (Å²) in [5, 5.41) is 0. The molecule has 0 atom stereocenters. The Labute approximate surface area is 143 Å². The molecule has 0 aromatic heterocycles. The van der Waals surface area contributed by atoms with Gasteiger partial charge < -0.3 is 4.90 Å². The minimum Gasteiger partial charge on any atom is -0.305 e. The topological polar surface area (TPSA) is 66.5 Å². The molecule has 0 heterocycles. The number of nitrogens with zero attached hydrogens (tertiary/aromatic N) is 1. The van der Waals surface area contributed by atoms with Crippen molar-refractivity contribution in [1.82, 2.24) is 4.90 Å². The van der Waals surface area contributed by atoms with Crippen LogP contribution in [0.4, 0.5) is 5.69 Å². The van der Waals surface area contributed by atoms with Crippen LogP contribution in [-0.2, 0) is 16.6 Å². The molecule has 6 heteroatoms. The van der Waals surface area contributed by atoms with Crippen molar-refractivity contribution in [2.24, 2.45) is 0 Å². The molecule has 0 amide bonds. The molecule has 0 radical (unpaired) electrons. The molecule has 0 aliphatic heterocycles. The molecule has 0 saturated heterocycles. The van der Waals surface area contributed by atoms with Gasteiger partial charge in [0.15, 0.2) is 5.78 Å². The van der Waals surface area contributed by atoms with E-state index in [9.17, 15) is 13.2 Å². The van der Waals surface area contributed by atoms with Gasteiger partial charge in [0.2, 0.25) is 0 Å². The summed E-state index contributed by atoms with van der Waals surface area (Å²) in [7, 11) is 0.219. The van der Waals surface area contributed by atoms with Crippen LogP contribution < -0.4 is 4.72 Å². The van der Waals surface area contributed by atoms with Gasteiger partial charge in [-0.25, -0.2) is 8.42 Å². The van der Waals surface area contributed by atoms with E-state index < -0.39 is 10.0 Å². The molecule has 1 N–H and O–H groups in total. The molecule has 0 saturated carbocycles. The highest BCUT2D eigenvalue weighted by Crippen LogP contribution is 2.22. The predicted octanol–water partition coefficient (Wildman–Crippen LogP) is 3.06. The second kappa shape index (κ2) is 7.15.